The monoisotopic (exact) mass is 349 g/mol. The average Bonchev–Trinajstić information content (AvgIpc) is 2.46. The van der Waals surface area contributed by atoms with Crippen LogP contribution in [0.4, 0.5) is 0 Å². The molecule has 0 aromatic heterocycles. The third-order valence-electron chi connectivity index (χ3n) is 4.70. The molecule has 0 fully saturated rings. The molecular formula is C20H30O3P+. The van der Waals surface area contributed by atoms with Crippen LogP contribution in [-0.4, -0.2) is 11.2 Å². The van der Waals surface area contributed by atoms with Gasteiger partial charge in [0, 0.05) is 4.57 Å². The molecule has 0 aliphatic carbocycles. The first-order valence-corrected chi connectivity index (χ1v) is 9.03. The van der Waals surface area contributed by atoms with Gasteiger partial charge in [0.05, 0.1) is 10.8 Å². The van der Waals surface area contributed by atoms with Crippen molar-refractivity contribution in [3.05, 3.63) is 24.3 Å². The van der Waals surface area contributed by atoms with E-state index in [4.69, 9.17) is 21.9 Å². The minimum atomic E-state index is -2.46. The summed E-state index contributed by atoms with van der Waals surface area (Å²) < 4.78 is 24.2. The standard InChI is InChI=1S/C20H30O3P/c1-11-15-19(9,17(5,6)13-3)22-24(21)23-20(10,16-12-2)18(7,8)14-4/h3-4,11-12,15-16H,1-2,5-10H3/q+1/b15-11+,16-12+. The van der Waals surface area contributed by atoms with Gasteiger partial charge in [0.15, 0.2) is 11.2 Å². The fourth-order valence-corrected chi connectivity index (χ4v) is 3.19. The van der Waals surface area contributed by atoms with Crippen LogP contribution in [0.2, 0.25) is 0 Å². The first-order valence-electron chi connectivity index (χ1n) is 7.93. The van der Waals surface area contributed by atoms with Gasteiger partial charge in [0.1, 0.15) is 0 Å². The van der Waals surface area contributed by atoms with Crippen molar-refractivity contribution in [2.24, 2.45) is 10.8 Å². The van der Waals surface area contributed by atoms with E-state index in [9.17, 15) is 4.57 Å². The lowest BCUT2D eigenvalue weighted by Gasteiger charge is -2.35. The first kappa shape index (κ1) is 22.6. The Hall–Kier alpha value is -1.38. The highest BCUT2D eigenvalue weighted by Crippen LogP contribution is 2.48. The topological polar surface area (TPSA) is 35.5 Å². The van der Waals surface area contributed by atoms with Crippen LogP contribution < -0.4 is 0 Å². The quantitative estimate of drug-likeness (QED) is 0.322. The van der Waals surface area contributed by atoms with Crippen molar-refractivity contribution in [1.82, 2.24) is 0 Å². The van der Waals surface area contributed by atoms with Crippen LogP contribution in [0.5, 0.6) is 0 Å². The highest BCUT2D eigenvalue weighted by molar-refractivity contribution is 7.33. The Bertz CT molecular complexity index is 549. The third-order valence-corrected chi connectivity index (χ3v) is 5.76. The molecule has 0 aromatic rings. The van der Waals surface area contributed by atoms with E-state index in [1.165, 1.54) is 0 Å². The van der Waals surface area contributed by atoms with Crippen molar-refractivity contribution in [3.63, 3.8) is 0 Å². The molecule has 24 heavy (non-hydrogen) atoms. The lowest BCUT2D eigenvalue weighted by atomic mass is 9.76. The average molecular weight is 349 g/mol. The molecule has 0 N–H and O–H groups in total. The van der Waals surface area contributed by atoms with E-state index in [2.05, 4.69) is 11.8 Å². The third kappa shape index (κ3) is 4.81. The van der Waals surface area contributed by atoms with Crippen molar-refractivity contribution < 1.29 is 13.6 Å². The summed E-state index contributed by atoms with van der Waals surface area (Å²) in [5, 5.41) is 0. The van der Waals surface area contributed by atoms with E-state index in [0.29, 0.717) is 0 Å². The summed E-state index contributed by atoms with van der Waals surface area (Å²) in [7, 11) is -2.46. The number of rotatable bonds is 8. The van der Waals surface area contributed by atoms with Gasteiger partial charge in [-0.15, -0.1) is 21.9 Å². The highest BCUT2D eigenvalue weighted by atomic mass is 31.1. The van der Waals surface area contributed by atoms with E-state index in [1.54, 1.807) is 26.0 Å². The molecule has 0 saturated carbocycles. The summed E-state index contributed by atoms with van der Waals surface area (Å²) in [5.74, 6) is 5.39. The summed E-state index contributed by atoms with van der Waals surface area (Å²) in [6.07, 6.45) is 18.5. The molecule has 0 spiro atoms. The van der Waals surface area contributed by atoms with Gasteiger partial charge in [0.25, 0.3) is 0 Å². The Balaban J connectivity index is 5.66. The van der Waals surface area contributed by atoms with E-state index in [0.717, 1.165) is 0 Å². The summed E-state index contributed by atoms with van der Waals surface area (Å²) in [6, 6.07) is 0. The molecule has 0 aliphatic rings. The summed E-state index contributed by atoms with van der Waals surface area (Å²) >= 11 is 0. The lowest BCUT2D eigenvalue weighted by Crippen LogP contribution is -2.43. The molecule has 3 nitrogen and oxygen atoms in total. The zero-order chi connectivity index (χ0) is 19.2. The molecule has 2 unspecified atom stereocenters. The van der Waals surface area contributed by atoms with Gasteiger partial charge >= 0.3 is 8.25 Å². The van der Waals surface area contributed by atoms with Crippen LogP contribution in [0.25, 0.3) is 0 Å². The predicted octanol–water partition coefficient (Wildman–Crippen LogP) is 5.67. The predicted molar refractivity (Wildman–Crippen MR) is 101 cm³/mol. The van der Waals surface area contributed by atoms with Gasteiger partial charge in [-0.3, -0.25) is 0 Å². The van der Waals surface area contributed by atoms with E-state index < -0.39 is 30.3 Å². The summed E-state index contributed by atoms with van der Waals surface area (Å²) in [5.41, 5.74) is -3.23. The molecule has 0 amide bonds. The molecule has 0 rings (SSSR count). The molecule has 2 atom stereocenters. The minimum absolute atomic E-state index is 0.674. The van der Waals surface area contributed by atoms with Crippen molar-refractivity contribution in [3.8, 4) is 24.7 Å². The lowest BCUT2D eigenvalue weighted by molar-refractivity contribution is -0.000698. The van der Waals surface area contributed by atoms with Crippen molar-refractivity contribution >= 4 is 8.25 Å². The SMILES string of the molecule is C#CC(C)(C)C(C)(/C=C/C)O[P+](=O)OC(C)(/C=C/C)C(C)(C)C#C. The van der Waals surface area contributed by atoms with Crippen molar-refractivity contribution in [2.75, 3.05) is 0 Å². The zero-order valence-electron chi connectivity index (χ0n) is 16.1. The van der Waals surface area contributed by atoms with E-state index in [-0.39, 0.29) is 0 Å². The van der Waals surface area contributed by atoms with Crippen LogP contribution in [-0.2, 0) is 13.6 Å². The highest BCUT2D eigenvalue weighted by Gasteiger charge is 2.52. The number of hydrogen-bond acceptors (Lipinski definition) is 3. The second-order valence-electron chi connectivity index (χ2n) is 7.16. The van der Waals surface area contributed by atoms with Gasteiger partial charge in [-0.2, -0.15) is 0 Å². The molecule has 0 bridgehead atoms. The Labute approximate surface area is 148 Å². The second kappa shape index (κ2) is 8.13. The largest absolute Gasteiger partial charge is 0.699 e. The normalized spacial score (nSPS) is 18.7. The molecule has 132 valence electrons. The number of allylic oxidation sites excluding steroid dienone is 2. The molecular weight excluding hydrogens is 319 g/mol. The van der Waals surface area contributed by atoms with Gasteiger partial charge in [-0.1, -0.05) is 36.1 Å². The fraction of sp³-hybridized carbons (Fsp3) is 0.600. The Morgan fingerprint density at radius 1 is 0.792 bits per heavy atom. The van der Waals surface area contributed by atoms with Crippen LogP contribution in [0, 0.1) is 35.5 Å². The fourth-order valence-electron chi connectivity index (χ4n) is 1.96. The van der Waals surface area contributed by atoms with Crippen molar-refractivity contribution in [1.29, 1.82) is 0 Å². The zero-order valence-corrected chi connectivity index (χ0v) is 17.0. The van der Waals surface area contributed by atoms with Crippen LogP contribution in [0.15, 0.2) is 24.3 Å². The van der Waals surface area contributed by atoms with E-state index in [1.807, 2.05) is 53.7 Å². The Kier molecular flexibility index (Phi) is 7.67. The molecule has 4 heteroatoms. The van der Waals surface area contributed by atoms with Crippen LogP contribution in [0.1, 0.15) is 55.4 Å². The van der Waals surface area contributed by atoms with Gasteiger partial charge in [0.2, 0.25) is 0 Å². The van der Waals surface area contributed by atoms with Crippen LogP contribution >= 0.6 is 8.25 Å². The molecule has 0 aromatic carbocycles. The molecule has 0 aliphatic heterocycles. The summed E-state index contributed by atoms with van der Waals surface area (Å²) in [4.78, 5) is 0. The minimum Gasteiger partial charge on any atom is -0.119 e. The number of hydrogen-bond donors (Lipinski definition) is 0. The van der Waals surface area contributed by atoms with Gasteiger partial charge in [-0.05, 0) is 55.4 Å². The molecule has 0 saturated heterocycles. The Morgan fingerprint density at radius 2 is 1.08 bits per heavy atom. The Morgan fingerprint density at radius 3 is 1.29 bits per heavy atom. The maximum atomic E-state index is 12.6. The number of terminal acetylenes is 2. The van der Waals surface area contributed by atoms with Gasteiger partial charge < -0.3 is 0 Å². The van der Waals surface area contributed by atoms with Crippen molar-refractivity contribution in [2.45, 2.75) is 66.6 Å². The molecule has 0 radical (unpaired) electrons. The maximum absolute atomic E-state index is 12.6. The molecule has 0 heterocycles. The first-order chi connectivity index (χ1) is 10.8. The van der Waals surface area contributed by atoms with Gasteiger partial charge in [-0.25, -0.2) is 0 Å². The smallest absolute Gasteiger partial charge is 0.119 e. The van der Waals surface area contributed by atoms with E-state index >= 15 is 0 Å². The van der Waals surface area contributed by atoms with Crippen LogP contribution in [0.3, 0.4) is 0 Å². The summed E-state index contributed by atoms with van der Waals surface area (Å²) in [6.45, 7) is 14.7. The maximum Gasteiger partial charge on any atom is 0.699 e. The second-order valence-corrected chi connectivity index (χ2v) is 7.97.